The summed E-state index contributed by atoms with van der Waals surface area (Å²) in [6, 6.07) is 8.12. The Labute approximate surface area is 129 Å². The second-order valence-electron chi connectivity index (χ2n) is 5.66. The molecule has 0 radical (unpaired) electrons. The fraction of sp³-hybridized carbons (Fsp3) is 0.471. The van der Waals surface area contributed by atoms with Gasteiger partial charge in [0.05, 0.1) is 11.7 Å². The summed E-state index contributed by atoms with van der Waals surface area (Å²) < 4.78 is 6.93. The fourth-order valence-electron chi connectivity index (χ4n) is 3.08. The van der Waals surface area contributed by atoms with Crippen LogP contribution < -0.4 is 0 Å². The lowest BCUT2D eigenvalue weighted by Gasteiger charge is -2.36. The molecule has 0 spiro atoms. The standard InChI is InChI=1S/C17H21NO2S/c1-3-20-15-8-9-18(10-12(15)2)17(19)14-11-21-16-7-5-4-6-13(14)16/h4-7,11-12,15H,3,8-10H2,1-2H3/t12-,15-/m0/s1. The number of carbonyl (C=O) groups excluding carboxylic acids is 1. The van der Waals surface area contributed by atoms with Gasteiger partial charge in [-0.25, -0.2) is 0 Å². The van der Waals surface area contributed by atoms with Crippen molar-refractivity contribution in [1.29, 1.82) is 0 Å². The highest BCUT2D eigenvalue weighted by Crippen LogP contribution is 2.28. The topological polar surface area (TPSA) is 29.5 Å². The Bertz CT molecular complexity index is 637. The molecule has 0 N–H and O–H groups in total. The zero-order valence-corrected chi connectivity index (χ0v) is 13.4. The summed E-state index contributed by atoms with van der Waals surface area (Å²) in [5.74, 6) is 0.557. The first kappa shape index (κ1) is 14.5. The van der Waals surface area contributed by atoms with E-state index < -0.39 is 0 Å². The normalized spacial score (nSPS) is 22.7. The summed E-state index contributed by atoms with van der Waals surface area (Å²) in [6.07, 6.45) is 1.22. The van der Waals surface area contributed by atoms with Crippen molar-refractivity contribution in [3.63, 3.8) is 0 Å². The van der Waals surface area contributed by atoms with Gasteiger partial charge < -0.3 is 9.64 Å². The first-order valence-electron chi connectivity index (χ1n) is 7.57. The molecular weight excluding hydrogens is 282 g/mol. The number of nitrogens with zero attached hydrogens (tertiary/aromatic N) is 1. The molecule has 1 fully saturated rings. The average molecular weight is 303 g/mol. The smallest absolute Gasteiger partial charge is 0.255 e. The minimum Gasteiger partial charge on any atom is -0.378 e. The van der Waals surface area contributed by atoms with Crippen molar-refractivity contribution in [2.45, 2.75) is 26.4 Å². The highest BCUT2D eigenvalue weighted by molar-refractivity contribution is 7.17. The van der Waals surface area contributed by atoms with Crippen LogP contribution in [-0.4, -0.2) is 36.6 Å². The Kier molecular flexibility index (Phi) is 4.27. The van der Waals surface area contributed by atoms with Crippen molar-refractivity contribution in [3.8, 4) is 0 Å². The number of hydrogen-bond acceptors (Lipinski definition) is 3. The van der Waals surface area contributed by atoms with Crippen LogP contribution >= 0.6 is 11.3 Å². The number of carbonyl (C=O) groups is 1. The van der Waals surface area contributed by atoms with E-state index in [0.717, 1.165) is 37.1 Å². The lowest BCUT2D eigenvalue weighted by molar-refractivity contribution is -0.0178. The van der Waals surface area contributed by atoms with Gasteiger partial charge in [-0.05, 0) is 25.3 Å². The van der Waals surface area contributed by atoms with Crippen LogP contribution in [0.3, 0.4) is 0 Å². The van der Waals surface area contributed by atoms with Gasteiger partial charge in [0.25, 0.3) is 5.91 Å². The van der Waals surface area contributed by atoms with E-state index in [4.69, 9.17) is 4.74 Å². The van der Waals surface area contributed by atoms with Crippen molar-refractivity contribution < 1.29 is 9.53 Å². The number of hydrogen-bond donors (Lipinski definition) is 0. The summed E-state index contributed by atoms with van der Waals surface area (Å²) in [7, 11) is 0. The summed E-state index contributed by atoms with van der Waals surface area (Å²) in [5.41, 5.74) is 0.845. The Morgan fingerprint density at radius 3 is 3.00 bits per heavy atom. The number of ether oxygens (including phenoxy) is 1. The van der Waals surface area contributed by atoms with Gasteiger partial charge in [-0.15, -0.1) is 11.3 Å². The molecule has 1 aromatic carbocycles. The predicted octanol–water partition coefficient (Wildman–Crippen LogP) is 3.79. The van der Waals surface area contributed by atoms with Gasteiger partial charge in [0.2, 0.25) is 0 Å². The molecule has 1 aromatic heterocycles. The first-order chi connectivity index (χ1) is 10.2. The molecule has 4 heteroatoms. The van der Waals surface area contributed by atoms with E-state index in [1.165, 1.54) is 4.70 Å². The number of benzene rings is 1. The van der Waals surface area contributed by atoms with Crippen LogP contribution in [0.5, 0.6) is 0 Å². The molecule has 3 nitrogen and oxygen atoms in total. The zero-order chi connectivity index (χ0) is 14.8. The molecule has 112 valence electrons. The lowest BCUT2D eigenvalue weighted by atomic mass is 9.96. The van der Waals surface area contributed by atoms with Gasteiger partial charge in [-0.3, -0.25) is 4.79 Å². The van der Waals surface area contributed by atoms with Crippen molar-refractivity contribution in [3.05, 3.63) is 35.2 Å². The molecular formula is C17H21NO2S. The van der Waals surface area contributed by atoms with Crippen LogP contribution in [0.15, 0.2) is 29.6 Å². The van der Waals surface area contributed by atoms with Gasteiger partial charge in [-0.1, -0.05) is 25.1 Å². The second-order valence-corrected chi connectivity index (χ2v) is 6.57. The van der Waals surface area contributed by atoms with Crippen LogP contribution in [0.1, 0.15) is 30.6 Å². The highest BCUT2D eigenvalue weighted by Gasteiger charge is 2.30. The molecule has 0 saturated carbocycles. The Hall–Kier alpha value is -1.39. The monoisotopic (exact) mass is 303 g/mol. The second kappa shape index (κ2) is 6.16. The first-order valence-corrected chi connectivity index (χ1v) is 8.45. The summed E-state index contributed by atoms with van der Waals surface area (Å²) >= 11 is 1.64. The van der Waals surface area contributed by atoms with Gasteiger partial charge in [0, 0.05) is 35.2 Å². The van der Waals surface area contributed by atoms with Crippen LogP contribution in [0.25, 0.3) is 10.1 Å². The molecule has 1 saturated heterocycles. The molecule has 0 unspecified atom stereocenters. The quantitative estimate of drug-likeness (QED) is 0.863. The molecule has 1 aliphatic heterocycles. The molecule has 2 heterocycles. The van der Waals surface area contributed by atoms with E-state index in [0.29, 0.717) is 12.0 Å². The SMILES string of the molecule is CCO[C@H]1CCN(C(=O)c2csc3ccccc23)C[C@@H]1C. The number of piperidine rings is 1. The third-order valence-electron chi connectivity index (χ3n) is 4.21. The molecule has 0 bridgehead atoms. The molecule has 2 aromatic rings. The number of amides is 1. The maximum Gasteiger partial charge on any atom is 0.255 e. The minimum atomic E-state index is 0.161. The molecule has 0 aliphatic carbocycles. The molecule has 21 heavy (non-hydrogen) atoms. The van der Waals surface area contributed by atoms with Gasteiger partial charge in [-0.2, -0.15) is 0 Å². The maximum atomic E-state index is 12.8. The largest absolute Gasteiger partial charge is 0.378 e. The van der Waals surface area contributed by atoms with Crippen LogP contribution in [0.4, 0.5) is 0 Å². The van der Waals surface area contributed by atoms with Crippen molar-refractivity contribution >= 4 is 27.3 Å². The maximum absolute atomic E-state index is 12.8. The molecule has 3 rings (SSSR count). The third kappa shape index (κ3) is 2.83. The number of fused-ring (bicyclic) bond motifs is 1. The van der Waals surface area contributed by atoms with E-state index in [2.05, 4.69) is 13.0 Å². The Morgan fingerprint density at radius 1 is 1.43 bits per heavy atom. The van der Waals surface area contributed by atoms with Crippen molar-refractivity contribution in [2.24, 2.45) is 5.92 Å². The third-order valence-corrected chi connectivity index (χ3v) is 5.17. The lowest BCUT2D eigenvalue weighted by Crippen LogP contribution is -2.45. The average Bonchev–Trinajstić information content (AvgIpc) is 2.93. The van der Waals surface area contributed by atoms with Crippen LogP contribution in [-0.2, 0) is 4.74 Å². The molecule has 2 atom stereocenters. The van der Waals surface area contributed by atoms with E-state index in [-0.39, 0.29) is 5.91 Å². The number of thiophene rings is 1. The fourth-order valence-corrected chi connectivity index (χ4v) is 4.02. The van der Waals surface area contributed by atoms with Gasteiger partial charge in [0.15, 0.2) is 0 Å². The van der Waals surface area contributed by atoms with E-state index in [1.54, 1.807) is 11.3 Å². The zero-order valence-electron chi connectivity index (χ0n) is 12.5. The van der Waals surface area contributed by atoms with Gasteiger partial charge in [0.1, 0.15) is 0 Å². The van der Waals surface area contributed by atoms with E-state index in [9.17, 15) is 4.79 Å². The van der Waals surface area contributed by atoms with Crippen molar-refractivity contribution in [2.75, 3.05) is 19.7 Å². The summed E-state index contributed by atoms with van der Waals surface area (Å²) in [6.45, 7) is 6.52. The van der Waals surface area contributed by atoms with E-state index >= 15 is 0 Å². The Morgan fingerprint density at radius 2 is 2.24 bits per heavy atom. The van der Waals surface area contributed by atoms with E-state index in [1.807, 2.05) is 35.4 Å². The van der Waals surface area contributed by atoms with Crippen LogP contribution in [0.2, 0.25) is 0 Å². The molecule has 1 amide bonds. The highest BCUT2D eigenvalue weighted by atomic mass is 32.1. The molecule has 1 aliphatic rings. The summed E-state index contributed by atoms with van der Waals surface area (Å²) in [4.78, 5) is 14.8. The number of rotatable bonds is 3. The summed E-state index contributed by atoms with van der Waals surface area (Å²) in [5, 5.41) is 3.07. The van der Waals surface area contributed by atoms with Crippen LogP contribution in [0, 0.1) is 5.92 Å². The van der Waals surface area contributed by atoms with Gasteiger partial charge >= 0.3 is 0 Å². The predicted molar refractivity (Wildman–Crippen MR) is 86.9 cm³/mol. The number of likely N-dealkylation sites (tertiary alicyclic amines) is 1. The minimum absolute atomic E-state index is 0.161. The van der Waals surface area contributed by atoms with Crippen molar-refractivity contribution in [1.82, 2.24) is 4.90 Å². The Balaban J connectivity index is 1.77.